The van der Waals surface area contributed by atoms with Crippen molar-refractivity contribution in [2.75, 3.05) is 0 Å². The van der Waals surface area contributed by atoms with Crippen molar-refractivity contribution in [1.29, 1.82) is 0 Å². The zero-order valence-electron chi connectivity index (χ0n) is 11.3. The van der Waals surface area contributed by atoms with Crippen molar-refractivity contribution in [2.45, 2.75) is 38.6 Å². The molecule has 0 saturated heterocycles. The summed E-state index contributed by atoms with van der Waals surface area (Å²) in [4.78, 5) is 15.6. The van der Waals surface area contributed by atoms with Gasteiger partial charge in [-0.15, -0.1) is 0 Å². The van der Waals surface area contributed by atoms with Crippen molar-refractivity contribution in [1.82, 2.24) is 10.3 Å². The van der Waals surface area contributed by atoms with Gasteiger partial charge in [-0.25, -0.2) is 0 Å². The summed E-state index contributed by atoms with van der Waals surface area (Å²) in [6.07, 6.45) is 6.61. The molecule has 3 nitrogen and oxygen atoms in total. The molecule has 0 spiro atoms. The molecule has 1 aromatic heterocycles. The topological polar surface area (TPSA) is 44.9 Å². The van der Waals surface area contributed by atoms with E-state index in [1.165, 1.54) is 12.8 Å². The number of benzene rings is 1. The van der Waals surface area contributed by atoms with Gasteiger partial charge in [-0.05, 0) is 37.0 Å². The fourth-order valence-electron chi connectivity index (χ4n) is 3.11. The van der Waals surface area contributed by atoms with Crippen LogP contribution in [-0.2, 0) is 0 Å². The Morgan fingerprint density at radius 3 is 3.05 bits per heavy atom. The molecule has 1 heterocycles. The predicted molar refractivity (Wildman–Crippen MR) is 77.2 cm³/mol. The summed E-state index contributed by atoms with van der Waals surface area (Å²) in [6, 6.07) is 8.13. The van der Waals surface area contributed by atoms with E-state index >= 15 is 0 Å². The Kier molecular flexibility index (Phi) is 3.28. The first kappa shape index (κ1) is 12.3. The molecule has 3 heteroatoms. The van der Waals surface area contributed by atoms with E-state index in [0.29, 0.717) is 6.04 Å². The van der Waals surface area contributed by atoms with Crippen LogP contribution in [0.5, 0.6) is 0 Å². The fraction of sp³-hybridized carbons (Fsp3) is 0.438. The second kappa shape index (κ2) is 5.08. The second-order valence-electron chi connectivity index (χ2n) is 5.69. The Bertz CT molecular complexity index is 587. The van der Waals surface area contributed by atoms with Crippen molar-refractivity contribution in [3.63, 3.8) is 0 Å². The third-order valence-corrected chi connectivity index (χ3v) is 4.11. The van der Waals surface area contributed by atoms with E-state index in [9.17, 15) is 4.79 Å². The van der Waals surface area contributed by atoms with Gasteiger partial charge < -0.3 is 10.3 Å². The van der Waals surface area contributed by atoms with Gasteiger partial charge >= 0.3 is 0 Å². The van der Waals surface area contributed by atoms with Crippen molar-refractivity contribution in [2.24, 2.45) is 5.92 Å². The van der Waals surface area contributed by atoms with Gasteiger partial charge in [0.15, 0.2) is 0 Å². The van der Waals surface area contributed by atoms with E-state index in [1.807, 2.05) is 30.5 Å². The van der Waals surface area contributed by atoms with Crippen molar-refractivity contribution in [3.05, 3.63) is 36.0 Å². The number of H-pyrrole nitrogens is 1. The van der Waals surface area contributed by atoms with Crippen LogP contribution < -0.4 is 5.32 Å². The zero-order chi connectivity index (χ0) is 13.2. The van der Waals surface area contributed by atoms with Crippen LogP contribution in [0.15, 0.2) is 30.5 Å². The van der Waals surface area contributed by atoms with Gasteiger partial charge in [0.1, 0.15) is 0 Å². The maximum Gasteiger partial charge on any atom is 0.252 e. The Balaban J connectivity index is 1.78. The minimum atomic E-state index is 0.0595. The average Bonchev–Trinajstić information content (AvgIpc) is 2.86. The quantitative estimate of drug-likeness (QED) is 0.849. The number of rotatable bonds is 2. The third-order valence-electron chi connectivity index (χ3n) is 4.11. The number of hydrogen-bond donors (Lipinski definition) is 2. The minimum absolute atomic E-state index is 0.0595. The molecule has 1 aliphatic rings. The summed E-state index contributed by atoms with van der Waals surface area (Å²) < 4.78 is 0. The van der Waals surface area contributed by atoms with Crippen molar-refractivity contribution in [3.8, 4) is 0 Å². The molecule has 1 amide bonds. The van der Waals surface area contributed by atoms with Crippen LogP contribution in [0.3, 0.4) is 0 Å². The van der Waals surface area contributed by atoms with Crippen LogP contribution in [0.1, 0.15) is 43.0 Å². The largest absolute Gasteiger partial charge is 0.361 e. The fourth-order valence-corrected chi connectivity index (χ4v) is 3.11. The summed E-state index contributed by atoms with van der Waals surface area (Å²) in [5, 5.41) is 4.20. The van der Waals surface area contributed by atoms with Crippen molar-refractivity contribution < 1.29 is 4.79 Å². The molecule has 1 aromatic carbocycles. The molecule has 1 fully saturated rings. The highest BCUT2D eigenvalue weighted by Crippen LogP contribution is 2.24. The monoisotopic (exact) mass is 256 g/mol. The molecule has 19 heavy (non-hydrogen) atoms. The molecule has 3 rings (SSSR count). The number of nitrogens with one attached hydrogen (secondary N) is 2. The molecule has 2 N–H and O–H groups in total. The summed E-state index contributed by atoms with van der Waals surface area (Å²) >= 11 is 0. The van der Waals surface area contributed by atoms with Crippen LogP contribution in [0.25, 0.3) is 10.9 Å². The highest BCUT2D eigenvalue weighted by molar-refractivity contribution is 6.06. The highest BCUT2D eigenvalue weighted by Gasteiger charge is 2.21. The summed E-state index contributed by atoms with van der Waals surface area (Å²) in [5.74, 6) is 0.784. The van der Waals surface area contributed by atoms with Crippen molar-refractivity contribution >= 4 is 16.8 Å². The zero-order valence-corrected chi connectivity index (χ0v) is 11.3. The number of carbonyl (C=O) groups is 1. The molecule has 100 valence electrons. The molecule has 0 bridgehead atoms. The number of fused-ring (bicyclic) bond motifs is 1. The molecular weight excluding hydrogens is 236 g/mol. The number of amides is 1. The number of aromatic amines is 1. The standard InChI is InChI=1S/C16H20N2O/c1-11-4-2-5-12(10-11)18-16(19)14-6-3-7-15-13(14)8-9-17-15/h3,6-9,11-12,17H,2,4-5,10H2,1H3,(H,18,19). The SMILES string of the molecule is CC1CCCC(NC(=O)c2cccc3[nH]ccc23)C1. The Hall–Kier alpha value is -1.77. The molecule has 1 aliphatic carbocycles. The van der Waals surface area contributed by atoms with Gasteiger partial charge in [-0.2, -0.15) is 0 Å². The van der Waals surface area contributed by atoms with Crippen LogP contribution in [-0.4, -0.2) is 16.9 Å². The third kappa shape index (κ3) is 2.50. The van der Waals surface area contributed by atoms with Gasteiger partial charge in [-0.1, -0.05) is 25.8 Å². The summed E-state index contributed by atoms with van der Waals surface area (Å²) in [7, 11) is 0. The van der Waals surface area contributed by atoms with E-state index in [-0.39, 0.29) is 5.91 Å². The second-order valence-corrected chi connectivity index (χ2v) is 5.69. The van der Waals surface area contributed by atoms with E-state index in [0.717, 1.165) is 35.2 Å². The lowest BCUT2D eigenvalue weighted by molar-refractivity contribution is 0.0923. The van der Waals surface area contributed by atoms with Crippen LogP contribution in [0, 0.1) is 5.92 Å². The van der Waals surface area contributed by atoms with E-state index in [2.05, 4.69) is 17.2 Å². The number of hydrogen-bond acceptors (Lipinski definition) is 1. The minimum Gasteiger partial charge on any atom is -0.361 e. The lowest BCUT2D eigenvalue weighted by Crippen LogP contribution is -2.38. The maximum absolute atomic E-state index is 12.4. The summed E-state index contributed by atoms with van der Waals surface area (Å²) in [5.41, 5.74) is 1.79. The Morgan fingerprint density at radius 2 is 2.21 bits per heavy atom. The first-order valence-electron chi connectivity index (χ1n) is 7.11. The van der Waals surface area contributed by atoms with E-state index in [4.69, 9.17) is 0 Å². The van der Waals surface area contributed by atoms with Gasteiger partial charge in [0.2, 0.25) is 0 Å². The lowest BCUT2D eigenvalue weighted by atomic mass is 9.87. The van der Waals surface area contributed by atoms with Crippen LogP contribution in [0.2, 0.25) is 0 Å². The first-order chi connectivity index (χ1) is 9.24. The Morgan fingerprint density at radius 1 is 1.32 bits per heavy atom. The number of carbonyl (C=O) groups excluding carboxylic acids is 1. The molecule has 2 atom stereocenters. The maximum atomic E-state index is 12.4. The molecule has 2 aromatic rings. The normalized spacial score (nSPS) is 23.4. The Labute approximate surface area is 113 Å². The molecule has 2 unspecified atom stereocenters. The molecule has 1 saturated carbocycles. The van der Waals surface area contributed by atoms with Gasteiger partial charge in [0.25, 0.3) is 5.91 Å². The first-order valence-corrected chi connectivity index (χ1v) is 7.11. The van der Waals surface area contributed by atoms with Gasteiger partial charge in [0, 0.05) is 28.7 Å². The van der Waals surface area contributed by atoms with E-state index in [1.54, 1.807) is 0 Å². The van der Waals surface area contributed by atoms with Crippen LogP contribution >= 0.6 is 0 Å². The number of aromatic nitrogens is 1. The lowest BCUT2D eigenvalue weighted by Gasteiger charge is -2.27. The van der Waals surface area contributed by atoms with Gasteiger partial charge in [0.05, 0.1) is 0 Å². The van der Waals surface area contributed by atoms with Crippen LogP contribution in [0.4, 0.5) is 0 Å². The molecular formula is C16H20N2O. The van der Waals surface area contributed by atoms with E-state index < -0.39 is 0 Å². The smallest absolute Gasteiger partial charge is 0.252 e. The molecule has 0 aliphatic heterocycles. The highest BCUT2D eigenvalue weighted by atomic mass is 16.1. The average molecular weight is 256 g/mol. The summed E-state index contributed by atoms with van der Waals surface area (Å²) in [6.45, 7) is 2.27. The van der Waals surface area contributed by atoms with Gasteiger partial charge in [-0.3, -0.25) is 4.79 Å². The molecule has 0 radical (unpaired) electrons. The predicted octanol–water partition coefficient (Wildman–Crippen LogP) is 3.48.